The minimum absolute atomic E-state index is 0.107. The number of allylic oxidation sites excluding steroid dienone is 8. The van der Waals surface area contributed by atoms with E-state index < -0.39 is 0 Å². The van der Waals surface area contributed by atoms with Crippen LogP contribution in [0, 0.1) is 0 Å². The van der Waals surface area contributed by atoms with Crippen LogP contribution in [-0.4, -0.2) is 23.4 Å². The molecule has 3 heteroatoms. The molecule has 0 aromatic heterocycles. The van der Waals surface area contributed by atoms with Crippen molar-refractivity contribution in [3.8, 4) is 0 Å². The van der Waals surface area contributed by atoms with Gasteiger partial charge in [-0.1, -0.05) is 92.2 Å². The van der Waals surface area contributed by atoms with Crippen molar-refractivity contribution >= 4 is 50.2 Å². The van der Waals surface area contributed by atoms with Crippen molar-refractivity contribution in [1.29, 1.82) is 0 Å². The summed E-state index contributed by atoms with van der Waals surface area (Å²) in [7, 11) is 0. The first kappa shape index (κ1) is 29.8. The third-order valence-electron chi connectivity index (χ3n) is 10.5. The number of hydrogen-bond acceptors (Lipinski definition) is 1. The van der Waals surface area contributed by atoms with Crippen LogP contribution in [0.1, 0.15) is 71.9 Å². The van der Waals surface area contributed by atoms with Gasteiger partial charge in [0.05, 0.1) is 5.41 Å². The summed E-state index contributed by atoms with van der Waals surface area (Å²) >= 11 is 7.23. The Hall–Kier alpha value is -3.88. The van der Waals surface area contributed by atoms with E-state index >= 15 is 0 Å². The third-order valence-corrected chi connectivity index (χ3v) is 11.0. The molecule has 0 amide bonds. The van der Waals surface area contributed by atoms with E-state index in [0.717, 1.165) is 37.4 Å². The van der Waals surface area contributed by atoms with Gasteiger partial charge in [0.15, 0.2) is 5.71 Å². The van der Waals surface area contributed by atoms with Crippen molar-refractivity contribution in [2.45, 2.75) is 71.6 Å². The van der Waals surface area contributed by atoms with Gasteiger partial charge < -0.3 is 4.90 Å². The first-order valence-corrected chi connectivity index (χ1v) is 17.0. The first-order chi connectivity index (χ1) is 21.7. The van der Waals surface area contributed by atoms with Crippen LogP contribution in [0.5, 0.6) is 0 Å². The van der Waals surface area contributed by atoms with Gasteiger partial charge in [-0.2, -0.15) is 4.58 Å². The Morgan fingerprint density at radius 1 is 0.756 bits per heavy atom. The predicted octanol–water partition coefficient (Wildman–Crippen LogP) is 11.3. The molecule has 3 aliphatic rings. The molecule has 2 heterocycles. The molecule has 4 aromatic rings. The molecule has 7 rings (SSSR count). The second-order valence-corrected chi connectivity index (χ2v) is 14.1. The highest BCUT2D eigenvalue weighted by atomic mass is 35.5. The lowest BCUT2D eigenvalue weighted by atomic mass is 9.78. The maximum atomic E-state index is 7.23. The molecule has 0 bridgehead atoms. The zero-order valence-electron chi connectivity index (χ0n) is 27.5. The van der Waals surface area contributed by atoms with Crippen LogP contribution in [0.2, 0.25) is 0 Å². The molecule has 2 aliphatic heterocycles. The molecule has 45 heavy (non-hydrogen) atoms. The second-order valence-electron chi connectivity index (χ2n) is 13.8. The lowest BCUT2D eigenvalue weighted by Crippen LogP contribution is -2.27. The van der Waals surface area contributed by atoms with E-state index in [2.05, 4.69) is 148 Å². The monoisotopic (exact) mass is 611 g/mol. The smallest absolute Gasteiger partial charge is 0.210 e. The van der Waals surface area contributed by atoms with Gasteiger partial charge in [0.1, 0.15) is 6.54 Å². The Labute approximate surface area is 273 Å². The standard InChI is InChI=1S/C42H44ClN2/c1-7-44-34-24-20-28-14-9-11-18-32(28)38(34)41(3,4)36(44)26-22-30-16-13-17-31(40(30)43)23-27-37-42(5,6)39-33-19-12-10-15-29(33)21-25-35(39)45(37)8-2/h9-12,14-15,18-27H,7-8,13,16-17H2,1-6H3/q+1. The van der Waals surface area contributed by atoms with Gasteiger partial charge in [-0.25, -0.2) is 0 Å². The van der Waals surface area contributed by atoms with E-state index in [1.54, 1.807) is 0 Å². The summed E-state index contributed by atoms with van der Waals surface area (Å²) in [6.07, 6.45) is 12.4. The number of anilines is 1. The number of likely N-dealkylation sites (N-methyl/N-ethyl adjacent to an activating group) is 1. The molecule has 228 valence electrons. The highest BCUT2D eigenvalue weighted by Gasteiger charge is 2.45. The Morgan fingerprint density at radius 2 is 1.42 bits per heavy atom. The SMILES string of the molecule is CCN1C(=CC=C2CCCC(/C=C/C3=[N+](CC)c4ccc5ccccc5c4C3(C)C)=C2Cl)C(C)(C)c2c1ccc1ccccc21. The molecule has 0 atom stereocenters. The predicted molar refractivity (Wildman–Crippen MR) is 194 cm³/mol. The third kappa shape index (κ3) is 4.64. The van der Waals surface area contributed by atoms with Crippen LogP contribution in [0.3, 0.4) is 0 Å². The molecular weight excluding hydrogens is 568 g/mol. The summed E-state index contributed by atoms with van der Waals surface area (Å²) in [5.41, 5.74) is 10.4. The number of nitrogens with zero attached hydrogens (tertiary/aromatic N) is 2. The number of rotatable bonds is 5. The van der Waals surface area contributed by atoms with E-state index in [9.17, 15) is 0 Å². The number of hydrogen-bond donors (Lipinski definition) is 0. The minimum Gasteiger partial charge on any atom is -0.344 e. The lowest BCUT2D eigenvalue weighted by molar-refractivity contribution is -0.433. The maximum absolute atomic E-state index is 7.23. The summed E-state index contributed by atoms with van der Waals surface area (Å²) in [6.45, 7) is 15.8. The quantitative estimate of drug-likeness (QED) is 0.203. The highest BCUT2D eigenvalue weighted by molar-refractivity contribution is 6.32. The Kier molecular flexibility index (Phi) is 7.40. The van der Waals surface area contributed by atoms with Crippen LogP contribution in [0.15, 0.2) is 119 Å². The normalized spacial score (nSPS) is 20.8. The van der Waals surface area contributed by atoms with Gasteiger partial charge in [-0.05, 0) is 103 Å². The maximum Gasteiger partial charge on any atom is 0.210 e. The summed E-state index contributed by atoms with van der Waals surface area (Å²) in [5, 5.41) is 6.22. The molecule has 4 aromatic carbocycles. The topological polar surface area (TPSA) is 6.25 Å². The zero-order valence-corrected chi connectivity index (χ0v) is 28.3. The van der Waals surface area contributed by atoms with E-state index in [1.807, 2.05) is 0 Å². The molecule has 0 unspecified atom stereocenters. The number of fused-ring (bicyclic) bond motifs is 6. The minimum atomic E-state index is -0.107. The van der Waals surface area contributed by atoms with Gasteiger partial charge in [0.25, 0.3) is 0 Å². The first-order valence-electron chi connectivity index (χ1n) is 16.6. The van der Waals surface area contributed by atoms with Crippen molar-refractivity contribution < 1.29 is 4.58 Å². The van der Waals surface area contributed by atoms with Gasteiger partial charge >= 0.3 is 0 Å². The summed E-state index contributed by atoms with van der Waals surface area (Å²) < 4.78 is 2.49. The van der Waals surface area contributed by atoms with Crippen LogP contribution < -0.4 is 4.90 Å². The fraction of sp³-hybridized carbons (Fsp3) is 0.310. The second kappa shape index (κ2) is 11.2. The van der Waals surface area contributed by atoms with E-state index in [0.29, 0.717) is 0 Å². The fourth-order valence-corrected chi connectivity index (χ4v) is 8.63. The van der Waals surface area contributed by atoms with Crippen molar-refractivity contribution in [2.75, 3.05) is 18.0 Å². The summed E-state index contributed by atoms with van der Waals surface area (Å²) in [4.78, 5) is 2.49. The van der Waals surface area contributed by atoms with Crippen LogP contribution >= 0.6 is 11.6 Å². The average Bonchev–Trinajstić information content (AvgIpc) is 3.41. The van der Waals surface area contributed by atoms with Crippen LogP contribution in [-0.2, 0) is 10.8 Å². The Bertz CT molecular complexity index is 2010. The fourth-order valence-electron chi connectivity index (χ4n) is 8.32. The number of benzene rings is 4. The van der Waals surface area contributed by atoms with E-state index in [1.165, 1.54) is 66.6 Å². The molecule has 0 fully saturated rings. The van der Waals surface area contributed by atoms with Crippen molar-refractivity contribution in [3.63, 3.8) is 0 Å². The van der Waals surface area contributed by atoms with E-state index in [4.69, 9.17) is 11.6 Å². The lowest BCUT2D eigenvalue weighted by Gasteiger charge is -2.26. The van der Waals surface area contributed by atoms with Crippen LogP contribution in [0.25, 0.3) is 21.5 Å². The van der Waals surface area contributed by atoms with Crippen molar-refractivity contribution in [1.82, 2.24) is 0 Å². The highest BCUT2D eigenvalue weighted by Crippen LogP contribution is 2.51. The Balaban J connectivity index is 1.25. The average molecular weight is 612 g/mol. The van der Waals surface area contributed by atoms with Gasteiger partial charge in [0, 0.05) is 46.1 Å². The van der Waals surface area contributed by atoms with Gasteiger partial charge in [0.2, 0.25) is 5.69 Å². The molecule has 0 spiro atoms. The van der Waals surface area contributed by atoms with E-state index in [-0.39, 0.29) is 10.8 Å². The molecule has 0 saturated carbocycles. The van der Waals surface area contributed by atoms with Crippen LogP contribution in [0.4, 0.5) is 11.4 Å². The van der Waals surface area contributed by atoms with Gasteiger partial charge in [-0.3, -0.25) is 0 Å². The molecule has 0 N–H and O–H groups in total. The van der Waals surface area contributed by atoms with Crippen molar-refractivity contribution in [2.24, 2.45) is 0 Å². The molecule has 0 radical (unpaired) electrons. The summed E-state index contributed by atoms with van der Waals surface area (Å²) in [6, 6.07) is 26.7. The molecule has 0 saturated heterocycles. The molecular formula is C42H44ClN2+. The van der Waals surface area contributed by atoms with Gasteiger partial charge in [-0.15, -0.1) is 0 Å². The molecule has 2 nitrogen and oxygen atoms in total. The Morgan fingerprint density at radius 3 is 2.11 bits per heavy atom. The zero-order chi connectivity index (χ0) is 31.5. The number of halogens is 1. The summed E-state index contributed by atoms with van der Waals surface area (Å²) in [5.74, 6) is 0. The molecule has 1 aliphatic carbocycles. The largest absolute Gasteiger partial charge is 0.344 e. The van der Waals surface area contributed by atoms with Crippen molar-refractivity contribution in [3.05, 3.63) is 130 Å².